The number of hydrogen-bond acceptors (Lipinski definition) is 2. The van der Waals surface area contributed by atoms with Crippen molar-refractivity contribution in [3.8, 4) is 0 Å². The Morgan fingerprint density at radius 3 is 2.05 bits per heavy atom. The van der Waals surface area contributed by atoms with Crippen LogP contribution in [0.3, 0.4) is 0 Å². The van der Waals surface area contributed by atoms with E-state index in [1.165, 1.54) is 57.8 Å². The first-order chi connectivity index (χ1) is 10.2. The van der Waals surface area contributed by atoms with Crippen LogP contribution in [0, 0.1) is 5.92 Å². The van der Waals surface area contributed by atoms with Crippen LogP contribution in [-0.4, -0.2) is 24.2 Å². The minimum absolute atomic E-state index is 0.328. The zero-order valence-corrected chi connectivity index (χ0v) is 13.9. The molecule has 3 heteroatoms. The van der Waals surface area contributed by atoms with Crippen molar-refractivity contribution in [2.75, 3.05) is 13.1 Å². The van der Waals surface area contributed by atoms with Gasteiger partial charge in [0.1, 0.15) is 0 Å². The number of rotatable bonds is 16. The van der Waals surface area contributed by atoms with Gasteiger partial charge < -0.3 is 10.4 Å². The average Bonchev–Trinajstić information content (AvgIpc) is 2.47. The topological polar surface area (TPSA) is 49.3 Å². The Morgan fingerprint density at radius 2 is 1.57 bits per heavy atom. The van der Waals surface area contributed by atoms with Gasteiger partial charge in [-0.15, -0.1) is 6.58 Å². The van der Waals surface area contributed by atoms with Gasteiger partial charge >= 0.3 is 5.97 Å². The fourth-order valence-electron chi connectivity index (χ4n) is 2.49. The van der Waals surface area contributed by atoms with Crippen molar-refractivity contribution in [3.05, 3.63) is 12.7 Å². The van der Waals surface area contributed by atoms with Crippen molar-refractivity contribution in [3.63, 3.8) is 0 Å². The lowest BCUT2D eigenvalue weighted by Crippen LogP contribution is -2.28. The lowest BCUT2D eigenvalue weighted by Gasteiger charge is -2.11. The highest BCUT2D eigenvalue weighted by molar-refractivity contribution is 5.70. The third-order valence-electron chi connectivity index (χ3n) is 3.90. The summed E-state index contributed by atoms with van der Waals surface area (Å²) in [6.07, 6.45) is 15.5. The Hall–Kier alpha value is -0.830. The summed E-state index contributed by atoms with van der Waals surface area (Å²) in [6, 6.07) is 0. The summed E-state index contributed by atoms with van der Waals surface area (Å²) < 4.78 is 0. The number of nitrogens with one attached hydrogen (secondary N) is 1. The maximum Gasteiger partial charge on any atom is 0.308 e. The van der Waals surface area contributed by atoms with Crippen molar-refractivity contribution in [1.29, 1.82) is 0 Å². The number of carbonyl (C=O) groups is 1. The molecule has 0 heterocycles. The molecule has 1 unspecified atom stereocenters. The van der Waals surface area contributed by atoms with E-state index in [4.69, 9.17) is 5.11 Å². The maximum atomic E-state index is 10.9. The van der Waals surface area contributed by atoms with Gasteiger partial charge in [-0.05, 0) is 19.4 Å². The van der Waals surface area contributed by atoms with Gasteiger partial charge in [0.05, 0.1) is 5.92 Å². The molecule has 0 amide bonds. The van der Waals surface area contributed by atoms with Crippen LogP contribution in [0.4, 0.5) is 0 Å². The van der Waals surface area contributed by atoms with Gasteiger partial charge in [0.2, 0.25) is 0 Å². The van der Waals surface area contributed by atoms with E-state index in [1.807, 2.05) is 0 Å². The summed E-state index contributed by atoms with van der Waals surface area (Å²) in [5.41, 5.74) is 0. The largest absolute Gasteiger partial charge is 0.481 e. The van der Waals surface area contributed by atoms with E-state index in [0.717, 1.165) is 13.0 Å². The van der Waals surface area contributed by atoms with Gasteiger partial charge in [0.25, 0.3) is 0 Å². The number of allylic oxidation sites excluding steroid dienone is 1. The van der Waals surface area contributed by atoms with E-state index in [0.29, 0.717) is 13.0 Å². The van der Waals surface area contributed by atoms with Crippen molar-refractivity contribution >= 4 is 5.97 Å². The summed E-state index contributed by atoms with van der Waals surface area (Å²) in [6.45, 7) is 7.34. The Kier molecular flexibility index (Phi) is 14.9. The van der Waals surface area contributed by atoms with Crippen LogP contribution < -0.4 is 5.32 Å². The number of hydrogen-bond donors (Lipinski definition) is 2. The van der Waals surface area contributed by atoms with Gasteiger partial charge in [-0.25, -0.2) is 0 Å². The van der Waals surface area contributed by atoms with Gasteiger partial charge in [-0.3, -0.25) is 4.79 Å². The molecule has 0 saturated heterocycles. The van der Waals surface area contributed by atoms with Gasteiger partial charge in [-0.1, -0.05) is 70.8 Å². The predicted octanol–water partition coefficient (Wildman–Crippen LogP) is 4.77. The molecule has 0 spiro atoms. The number of unbranched alkanes of at least 4 members (excludes halogenated alkanes) is 9. The maximum absolute atomic E-state index is 10.9. The molecule has 124 valence electrons. The van der Waals surface area contributed by atoms with Gasteiger partial charge in [-0.2, -0.15) is 0 Å². The molecule has 0 aliphatic heterocycles. The van der Waals surface area contributed by atoms with E-state index < -0.39 is 5.97 Å². The second-order valence-corrected chi connectivity index (χ2v) is 5.95. The average molecular weight is 297 g/mol. The fourth-order valence-corrected chi connectivity index (χ4v) is 2.49. The van der Waals surface area contributed by atoms with Crippen LogP contribution in [0.5, 0.6) is 0 Å². The first kappa shape index (κ1) is 20.2. The summed E-state index contributed by atoms with van der Waals surface area (Å²) in [7, 11) is 0. The molecule has 0 aromatic carbocycles. The lowest BCUT2D eigenvalue weighted by molar-refractivity contribution is -0.141. The number of carboxylic acid groups (broad SMARTS) is 1. The van der Waals surface area contributed by atoms with E-state index in [2.05, 4.69) is 18.8 Å². The molecule has 2 N–H and O–H groups in total. The molecule has 21 heavy (non-hydrogen) atoms. The number of carboxylic acids is 1. The first-order valence-corrected chi connectivity index (χ1v) is 8.76. The van der Waals surface area contributed by atoms with Crippen LogP contribution in [0.25, 0.3) is 0 Å². The zero-order valence-electron chi connectivity index (χ0n) is 13.9. The van der Waals surface area contributed by atoms with Gasteiger partial charge in [0, 0.05) is 6.54 Å². The molecule has 0 aliphatic rings. The van der Waals surface area contributed by atoms with Crippen molar-refractivity contribution < 1.29 is 9.90 Å². The fraction of sp³-hybridized carbons (Fsp3) is 0.833. The minimum Gasteiger partial charge on any atom is -0.481 e. The Morgan fingerprint density at radius 1 is 1.05 bits per heavy atom. The van der Waals surface area contributed by atoms with E-state index >= 15 is 0 Å². The van der Waals surface area contributed by atoms with Crippen molar-refractivity contribution in [1.82, 2.24) is 5.32 Å². The van der Waals surface area contributed by atoms with E-state index in [9.17, 15) is 4.79 Å². The van der Waals surface area contributed by atoms with Crippen molar-refractivity contribution in [2.24, 2.45) is 5.92 Å². The van der Waals surface area contributed by atoms with Gasteiger partial charge in [0.15, 0.2) is 0 Å². The van der Waals surface area contributed by atoms with E-state index in [1.54, 1.807) is 6.08 Å². The Labute approximate surface area is 131 Å². The second-order valence-electron chi connectivity index (χ2n) is 5.95. The summed E-state index contributed by atoms with van der Waals surface area (Å²) in [4.78, 5) is 10.9. The third-order valence-corrected chi connectivity index (χ3v) is 3.90. The minimum atomic E-state index is -0.731. The smallest absolute Gasteiger partial charge is 0.308 e. The molecule has 0 radical (unpaired) electrons. The zero-order chi connectivity index (χ0) is 15.8. The molecule has 0 bridgehead atoms. The second kappa shape index (κ2) is 15.6. The molecule has 0 rings (SSSR count). The molecule has 0 fully saturated rings. The standard InChI is InChI=1S/C18H35NO2/c1-3-5-6-7-8-9-10-11-12-13-15-19-16-17(14-4-2)18(20)21/h4,17,19H,2-3,5-16H2,1H3,(H,20,21). The summed E-state index contributed by atoms with van der Waals surface area (Å²) in [5, 5.41) is 12.2. The molecular weight excluding hydrogens is 262 g/mol. The van der Waals surface area contributed by atoms with E-state index in [-0.39, 0.29) is 5.92 Å². The molecule has 0 saturated carbocycles. The third kappa shape index (κ3) is 13.9. The van der Waals surface area contributed by atoms with Crippen LogP contribution >= 0.6 is 0 Å². The van der Waals surface area contributed by atoms with Crippen LogP contribution in [0.15, 0.2) is 12.7 Å². The van der Waals surface area contributed by atoms with Crippen molar-refractivity contribution in [2.45, 2.75) is 77.6 Å². The Bertz CT molecular complexity index is 254. The highest BCUT2D eigenvalue weighted by Gasteiger charge is 2.14. The lowest BCUT2D eigenvalue weighted by atomic mass is 10.1. The molecule has 0 aromatic heterocycles. The molecule has 3 nitrogen and oxygen atoms in total. The quantitative estimate of drug-likeness (QED) is 0.318. The summed E-state index contributed by atoms with van der Waals surface area (Å²) >= 11 is 0. The highest BCUT2D eigenvalue weighted by Crippen LogP contribution is 2.10. The first-order valence-electron chi connectivity index (χ1n) is 8.76. The molecule has 0 aromatic rings. The molecule has 0 aliphatic carbocycles. The van der Waals surface area contributed by atoms with Crippen LogP contribution in [0.1, 0.15) is 77.6 Å². The van der Waals surface area contributed by atoms with Crippen LogP contribution in [-0.2, 0) is 4.79 Å². The normalized spacial score (nSPS) is 12.2. The Balaban J connectivity index is 3.24. The SMILES string of the molecule is C=CCC(CNCCCCCCCCCCCC)C(=O)O. The predicted molar refractivity (Wildman–Crippen MR) is 90.7 cm³/mol. The molecule has 1 atom stereocenters. The highest BCUT2D eigenvalue weighted by atomic mass is 16.4. The number of aliphatic carboxylic acids is 1. The monoisotopic (exact) mass is 297 g/mol. The summed E-state index contributed by atoms with van der Waals surface area (Å²) in [5.74, 6) is -1.06. The molecular formula is C18H35NO2. The van der Waals surface area contributed by atoms with Crippen LogP contribution in [0.2, 0.25) is 0 Å².